The highest BCUT2D eigenvalue weighted by Gasteiger charge is 2.25. The minimum atomic E-state index is -1.29. The predicted molar refractivity (Wildman–Crippen MR) is 211 cm³/mol. The van der Waals surface area contributed by atoms with E-state index in [-0.39, 0.29) is 65.7 Å². The number of hydrogen-bond donors (Lipinski definition) is 8. The van der Waals surface area contributed by atoms with Crippen molar-refractivity contribution in [2.45, 2.75) is 76.7 Å². The number of unbranched alkanes of at least 4 members (excludes halogenated alkanes) is 2. The second-order valence-corrected chi connectivity index (χ2v) is 13.5. The van der Waals surface area contributed by atoms with Crippen molar-refractivity contribution in [2.75, 3.05) is 26.3 Å². The summed E-state index contributed by atoms with van der Waals surface area (Å²) in [6, 6.07) is 8.11. The molecule has 2 aromatic heterocycles. The van der Waals surface area contributed by atoms with Gasteiger partial charge in [0.15, 0.2) is 22.4 Å². The highest BCUT2D eigenvalue weighted by molar-refractivity contribution is 5.97. The van der Waals surface area contributed by atoms with Gasteiger partial charge in [0, 0.05) is 18.7 Å². The average molecular weight is 809 g/mol. The van der Waals surface area contributed by atoms with Crippen molar-refractivity contribution in [1.82, 2.24) is 16.0 Å². The number of aliphatic carboxylic acids is 2. The van der Waals surface area contributed by atoms with Gasteiger partial charge in [-0.15, -0.1) is 0 Å². The van der Waals surface area contributed by atoms with E-state index in [4.69, 9.17) is 29.8 Å². The molecule has 4 rings (SSSR count). The third kappa shape index (κ3) is 12.9. The molecule has 2 amide bonds. The zero-order chi connectivity index (χ0) is 42.4. The lowest BCUT2D eigenvalue weighted by atomic mass is 10.1. The molecule has 4 atom stereocenters. The van der Waals surface area contributed by atoms with E-state index in [1.54, 1.807) is 13.8 Å². The van der Waals surface area contributed by atoms with Crippen LogP contribution in [0.3, 0.4) is 0 Å². The summed E-state index contributed by atoms with van der Waals surface area (Å²) in [5.41, 5.74) is 9.78. The number of aliphatic imine (C=N–C) groups is 1. The molecular formula is C39H48N6O13. The van der Waals surface area contributed by atoms with E-state index in [0.29, 0.717) is 44.6 Å². The maximum Gasteiger partial charge on any atom is 0.326 e. The van der Waals surface area contributed by atoms with E-state index in [1.807, 2.05) is 0 Å². The fourth-order valence-corrected chi connectivity index (χ4v) is 5.73. The Bertz CT molecular complexity index is 2230. The molecule has 10 N–H and O–H groups in total. The summed E-state index contributed by atoms with van der Waals surface area (Å²) in [6.07, 6.45) is 0.874. The van der Waals surface area contributed by atoms with Gasteiger partial charge in [-0.25, -0.2) is 9.59 Å². The number of aliphatic hydroxyl groups excluding tert-OH is 1. The normalized spacial score (nSPS) is 13.7. The zero-order valence-electron chi connectivity index (χ0n) is 32.0. The maximum atomic E-state index is 13.1. The molecule has 0 aliphatic rings. The summed E-state index contributed by atoms with van der Waals surface area (Å²) < 4.78 is 22.7. The van der Waals surface area contributed by atoms with Crippen molar-refractivity contribution in [3.8, 4) is 11.5 Å². The monoisotopic (exact) mass is 808 g/mol. The molecular weight excluding hydrogens is 760 g/mol. The van der Waals surface area contributed by atoms with Gasteiger partial charge in [-0.3, -0.25) is 24.2 Å². The smallest absolute Gasteiger partial charge is 0.326 e. The quantitative estimate of drug-likeness (QED) is 0.0229. The predicted octanol–water partition coefficient (Wildman–Crippen LogP) is 1.70. The Morgan fingerprint density at radius 3 is 1.67 bits per heavy atom. The van der Waals surface area contributed by atoms with Gasteiger partial charge in [-0.2, -0.15) is 0 Å². The molecule has 0 bridgehead atoms. The molecule has 2 heterocycles. The van der Waals surface area contributed by atoms with E-state index in [9.17, 15) is 44.1 Å². The number of benzene rings is 2. The van der Waals surface area contributed by atoms with Crippen molar-refractivity contribution in [3.05, 3.63) is 80.5 Å². The van der Waals surface area contributed by atoms with Crippen LogP contribution in [-0.2, 0) is 9.59 Å². The third-order valence-corrected chi connectivity index (χ3v) is 8.60. The summed E-state index contributed by atoms with van der Waals surface area (Å²) in [6.45, 7) is 3.65. The summed E-state index contributed by atoms with van der Waals surface area (Å²) in [5.74, 6) is -4.64. The Morgan fingerprint density at radius 1 is 0.776 bits per heavy atom. The number of nitrogens with two attached hydrogens (primary N) is 2. The van der Waals surface area contributed by atoms with Gasteiger partial charge < -0.3 is 61.0 Å². The molecule has 0 aliphatic heterocycles. The lowest BCUT2D eigenvalue weighted by Crippen LogP contribution is -2.41. The number of amides is 2. The van der Waals surface area contributed by atoms with Crippen LogP contribution in [0, 0.1) is 0 Å². The number of amidine groups is 1. The molecule has 58 heavy (non-hydrogen) atoms. The van der Waals surface area contributed by atoms with Gasteiger partial charge >= 0.3 is 11.9 Å². The Kier molecular flexibility index (Phi) is 16.3. The van der Waals surface area contributed by atoms with Gasteiger partial charge in [0.1, 0.15) is 64.8 Å². The number of carbonyl (C=O) groups excluding carboxylic acids is 2. The molecule has 0 fully saturated rings. The summed E-state index contributed by atoms with van der Waals surface area (Å²) in [4.78, 5) is 79.7. The molecule has 0 spiro atoms. The lowest BCUT2D eigenvalue weighted by Gasteiger charge is -2.16. The molecule has 312 valence electrons. The number of rotatable bonds is 23. The van der Waals surface area contributed by atoms with Crippen LogP contribution in [0.5, 0.6) is 11.5 Å². The van der Waals surface area contributed by atoms with Gasteiger partial charge in [-0.05, 0) is 83.2 Å². The number of ether oxygens (including phenoxy) is 2. The van der Waals surface area contributed by atoms with Crippen LogP contribution >= 0.6 is 0 Å². The lowest BCUT2D eigenvalue weighted by molar-refractivity contribution is -0.140. The number of carboxylic acids is 2. The Balaban J connectivity index is 1.37. The van der Waals surface area contributed by atoms with Gasteiger partial charge in [0.2, 0.25) is 0 Å². The second kappa shape index (κ2) is 21.3. The fourth-order valence-electron chi connectivity index (χ4n) is 5.73. The van der Waals surface area contributed by atoms with E-state index in [2.05, 4.69) is 20.9 Å². The minimum absolute atomic E-state index is 0.0210. The van der Waals surface area contributed by atoms with Crippen LogP contribution in [0.4, 0.5) is 0 Å². The van der Waals surface area contributed by atoms with Crippen LogP contribution < -0.4 is 47.7 Å². The van der Waals surface area contributed by atoms with Crippen LogP contribution in [0.2, 0.25) is 0 Å². The van der Waals surface area contributed by atoms with Gasteiger partial charge in [0.25, 0.3) is 11.8 Å². The Labute approximate surface area is 331 Å². The Morgan fingerprint density at radius 2 is 1.24 bits per heavy atom. The molecule has 2 unspecified atom stereocenters. The first-order chi connectivity index (χ1) is 27.6. The molecule has 4 aromatic rings. The SMILES string of the molecule is CC(N)=NCCCC[C@H](NC(=O)c1cc(=O)c2c(OCC(O)COc3cccc4oc(C(=O)N[C@@H](CCCCNC(C)N)C(=O)O)cc(=O)c34)cccc2o1)C(=O)O. The van der Waals surface area contributed by atoms with Gasteiger partial charge in [0.05, 0.1) is 12.0 Å². The zero-order valence-corrected chi connectivity index (χ0v) is 32.0. The summed E-state index contributed by atoms with van der Waals surface area (Å²) >= 11 is 0. The van der Waals surface area contributed by atoms with Crippen molar-refractivity contribution < 1.29 is 52.8 Å². The third-order valence-electron chi connectivity index (χ3n) is 8.60. The van der Waals surface area contributed by atoms with Crippen molar-refractivity contribution >= 4 is 51.5 Å². The summed E-state index contributed by atoms with van der Waals surface area (Å²) in [5, 5.41) is 37.6. The van der Waals surface area contributed by atoms with Crippen LogP contribution in [-0.4, -0.2) is 95.6 Å². The first-order valence-corrected chi connectivity index (χ1v) is 18.5. The van der Waals surface area contributed by atoms with E-state index in [1.165, 1.54) is 36.4 Å². The molecule has 2 aromatic carbocycles. The highest BCUT2D eigenvalue weighted by Crippen LogP contribution is 2.26. The first-order valence-electron chi connectivity index (χ1n) is 18.5. The standard InChI is InChI=1S/C39H48N6O13/c1-21(40)42-15-5-3-9-24(38(51)52)44-36(49)32-17-26(47)34-28(11-7-13-30(34)57-32)55-19-23(46)20-56-29-12-8-14-31-35(29)27(48)18-33(58-31)37(50)45-25(39(53)54)10-4-6-16-43-22(2)41/h7-8,11-14,17-18,21,23-25,42,46H,3-6,9-10,15-16,19-20,40H2,1-2H3,(H2,41,43)(H,44,49)(H,45,50)(H,51,52)(H,53,54)/t21?,23?,24-,25-/m0/s1. The van der Waals surface area contributed by atoms with Crippen LogP contribution in [0.1, 0.15) is 73.5 Å². The number of nitrogens with zero attached hydrogens (tertiary/aromatic N) is 1. The first kappa shape index (κ1) is 44.4. The number of hydrogen-bond acceptors (Lipinski definition) is 14. The largest absolute Gasteiger partial charge is 0.490 e. The molecule has 19 heteroatoms. The van der Waals surface area contributed by atoms with Crippen LogP contribution in [0.15, 0.2) is 71.9 Å². The molecule has 0 saturated carbocycles. The number of carbonyl (C=O) groups is 4. The minimum Gasteiger partial charge on any atom is -0.490 e. The Hall–Kier alpha value is -6.31. The van der Waals surface area contributed by atoms with Crippen LogP contribution in [0.25, 0.3) is 21.9 Å². The molecule has 19 nitrogen and oxygen atoms in total. The highest BCUT2D eigenvalue weighted by atomic mass is 16.5. The van der Waals surface area contributed by atoms with Crippen molar-refractivity contribution in [2.24, 2.45) is 16.5 Å². The molecule has 0 saturated heterocycles. The average Bonchev–Trinajstić information content (AvgIpc) is 3.17. The van der Waals surface area contributed by atoms with Crippen molar-refractivity contribution in [3.63, 3.8) is 0 Å². The van der Waals surface area contributed by atoms with Gasteiger partial charge in [-0.1, -0.05) is 12.1 Å². The summed E-state index contributed by atoms with van der Waals surface area (Å²) in [7, 11) is 0. The van der Waals surface area contributed by atoms with E-state index in [0.717, 1.165) is 12.1 Å². The van der Waals surface area contributed by atoms with E-state index >= 15 is 0 Å². The fraction of sp³-hybridized carbons (Fsp3) is 0.410. The second-order valence-electron chi connectivity index (χ2n) is 13.5. The molecule has 0 aliphatic carbocycles. The number of nitrogens with one attached hydrogen (secondary N) is 3. The number of carboxylic acid groups (broad SMARTS) is 2. The van der Waals surface area contributed by atoms with E-state index < -0.39 is 64.3 Å². The van der Waals surface area contributed by atoms with Crippen molar-refractivity contribution in [1.29, 1.82) is 0 Å². The number of aliphatic hydroxyl groups is 1. The topological polar surface area (TPSA) is 308 Å². The number of fused-ring (bicyclic) bond motifs is 2. The maximum absolute atomic E-state index is 13.1. The molecule has 0 radical (unpaired) electrons.